The van der Waals surface area contributed by atoms with E-state index < -0.39 is 12.0 Å². The molecule has 0 N–H and O–H groups in total. The molecule has 9 heteroatoms. The van der Waals surface area contributed by atoms with Gasteiger partial charge in [0.1, 0.15) is 11.8 Å². The number of benzene rings is 2. The van der Waals surface area contributed by atoms with E-state index in [4.69, 9.17) is 18.9 Å². The first kappa shape index (κ1) is 26.2. The number of allylic oxidation sites excluding steroid dienone is 1. The maximum atomic E-state index is 13.9. The summed E-state index contributed by atoms with van der Waals surface area (Å²) >= 11 is 1.24. The van der Waals surface area contributed by atoms with Crippen LogP contribution in [0.2, 0.25) is 0 Å². The summed E-state index contributed by atoms with van der Waals surface area (Å²) in [6.07, 6.45) is 1.65. The lowest BCUT2D eigenvalue weighted by Gasteiger charge is -2.26. The number of ether oxygens (including phenoxy) is 4. The molecule has 0 radical (unpaired) electrons. The number of methoxy groups -OCH3 is 2. The number of thiazole rings is 1. The molecule has 0 unspecified atom stereocenters. The van der Waals surface area contributed by atoms with E-state index in [0.29, 0.717) is 49.0 Å². The molecule has 2 aromatic carbocycles. The van der Waals surface area contributed by atoms with E-state index in [1.54, 1.807) is 44.8 Å². The summed E-state index contributed by atoms with van der Waals surface area (Å²) in [4.78, 5) is 32.2. The first-order chi connectivity index (χ1) is 17.8. The molecule has 8 nitrogen and oxygen atoms in total. The lowest BCUT2D eigenvalue weighted by molar-refractivity contribution is -0.139. The van der Waals surface area contributed by atoms with Crippen LogP contribution in [0.5, 0.6) is 17.2 Å². The SMILES string of the molecule is CCOC(=O)C1=C(C)N=c2s/c(=C/c3cccc(OC)c3OC)c(=O)n2[C@@H]1c1ccccc1OC(C)C. The summed E-state index contributed by atoms with van der Waals surface area (Å²) in [7, 11) is 3.11. The first-order valence-corrected chi connectivity index (χ1v) is 12.8. The van der Waals surface area contributed by atoms with E-state index in [-0.39, 0.29) is 18.3 Å². The van der Waals surface area contributed by atoms with Crippen LogP contribution in [0, 0.1) is 0 Å². The third-order valence-electron chi connectivity index (χ3n) is 5.81. The molecule has 0 saturated carbocycles. The van der Waals surface area contributed by atoms with Crippen molar-refractivity contribution in [2.24, 2.45) is 4.99 Å². The van der Waals surface area contributed by atoms with Gasteiger partial charge in [0, 0.05) is 11.1 Å². The molecule has 0 spiro atoms. The second-order valence-electron chi connectivity index (χ2n) is 8.59. The summed E-state index contributed by atoms with van der Waals surface area (Å²) < 4.78 is 24.4. The Morgan fingerprint density at radius 2 is 1.84 bits per heavy atom. The fourth-order valence-electron chi connectivity index (χ4n) is 4.32. The van der Waals surface area contributed by atoms with Crippen molar-refractivity contribution < 1.29 is 23.7 Å². The van der Waals surface area contributed by atoms with Gasteiger partial charge in [-0.15, -0.1) is 0 Å². The Labute approximate surface area is 219 Å². The van der Waals surface area contributed by atoms with Crippen molar-refractivity contribution in [1.82, 2.24) is 4.57 Å². The van der Waals surface area contributed by atoms with Crippen molar-refractivity contribution in [1.29, 1.82) is 0 Å². The second-order valence-corrected chi connectivity index (χ2v) is 9.60. The van der Waals surface area contributed by atoms with Gasteiger partial charge < -0.3 is 18.9 Å². The number of carbonyl (C=O) groups excluding carboxylic acids is 1. The van der Waals surface area contributed by atoms with Crippen LogP contribution < -0.4 is 29.1 Å². The monoisotopic (exact) mass is 522 g/mol. The highest BCUT2D eigenvalue weighted by molar-refractivity contribution is 7.07. The Balaban J connectivity index is 2.00. The minimum atomic E-state index is -0.764. The molecule has 0 fully saturated rings. The van der Waals surface area contributed by atoms with Gasteiger partial charge in [0.05, 0.1) is 42.7 Å². The van der Waals surface area contributed by atoms with Crippen molar-refractivity contribution in [2.75, 3.05) is 20.8 Å². The van der Waals surface area contributed by atoms with E-state index >= 15 is 0 Å². The zero-order valence-corrected chi connectivity index (χ0v) is 22.5. The van der Waals surface area contributed by atoms with Gasteiger partial charge in [-0.1, -0.05) is 41.7 Å². The second kappa shape index (κ2) is 11.0. The van der Waals surface area contributed by atoms with Crippen LogP contribution in [0.25, 0.3) is 6.08 Å². The third-order valence-corrected chi connectivity index (χ3v) is 6.80. The van der Waals surface area contributed by atoms with Gasteiger partial charge in [-0.2, -0.15) is 0 Å². The highest BCUT2D eigenvalue weighted by Gasteiger charge is 2.35. The number of para-hydroxylation sites is 2. The third kappa shape index (κ3) is 5.04. The Bertz CT molecular complexity index is 1530. The Morgan fingerprint density at radius 1 is 1.11 bits per heavy atom. The molecule has 1 aliphatic heterocycles. The van der Waals surface area contributed by atoms with Crippen LogP contribution in [0.4, 0.5) is 0 Å². The number of fused-ring (bicyclic) bond motifs is 1. The smallest absolute Gasteiger partial charge is 0.338 e. The van der Waals surface area contributed by atoms with Crippen molar-refractivity contribution in [3.8, 4) is 17.2 Å². The summed E-state index contributed by atoms with van der Waals surface area (Å²) in [5.74, 6) is 1.15. The summed E-state index contributed by atoms with van der Waals surface area (Å²) in [6.45, 7) is 7.56. The standard InChI is InChI=1S/C28H30N2O6S/c1-7-35-27(32)23-17(4)29-28-30(24(23)19-12-8-9-13-20(19)36-16(2)3)26(31)22(37-28)15-18-11-10-14-21(33-5)25(18)34-6/h8-16,24H,7H2,1-6H3/b22-15+/t24-/m1/s1. The molecular formula is C28H30N2O6S. The lowest BCUT2D eigenvalue weighted by Crippen LogP contribution is -2.40. The maximum absolute atomic E-state index is 13.9. The minimum absolute atomic E-state index is 0.103. The summed E-state index contributed by atoms with van der Waals surface area (Å²) in [5, 5.41) is 0. The number of nitrogens with zero attached hydrogens (tertiary/aromatic N) is 2. The van der Waals surface area contributed by atoms with E-state index in [2.05, 4.69) is 4.99 Å². The van der Waals surface area contributed by atoms with Gasteiger partial charge >= 0.3 is 5.97 Å². The molecule has 4 rings (SSSR count). The number of rotatable bonds is 8. The molecule has 2 heterocycles. The average molecular weight is 523 g/mol. The minimum Gasteiger partial charge on any atom is -0.493 e. The Hall–Kier alpha value is -3.85. The normalized spacial score (nSPS) is 15.3. The molecule has 1 aromatic heterocycles. The maximum Gasteiger partial charge on any atom is 0.338 e. The molecule has 0 saturated heterocycles. The fraction of sp³-hybridized carbons (Fsp3) is 0.321. The molecule has 0 amide bonds. The topological polar surface area (TPSA) is 88.4 Å². The molecular weight excluding hydrogens is 492 g/mol. The molecule has 37 heavy (non-hydrogen) atoms. The van der Waals surface area contributed by atoms with E-state index in [1.807, 2.05) is 50.2 Å². The van der Waals surface area contributed by atoms with Crippen LogP contribution in [0.1, 0.15) is 44.9 Å². The summed E-state index contributed by atoms with van der Waals surface area (Å²) in [5.41, 5.74) is 1.88. The Kier molecular flexibility index (Phi) is 7.83. The van der Waals surface area contributed by atoms with Gasteiger partial charge in [0.15, 0.2) is 16.3 Å². The largest absolute Gasteiger partial charge is 0.493 e. The van der Waals surface area contributed by atoms with Crippen LogP contribution >= 0.6 is 11.3 Å². The van der Waals surface area contributed by atoms with Crippen LogP contribution in [-0.2, 0) is 9.53 Å². The zero-order valence-electron chi connectivity index (χ0n) is 21.7. The quantitative estimate of drug-likeness (QED) is 0.420. The number of hydrogen-bond acceptors (Lipinski definition) is 8. The fourth-order valence-corrected chi connectivity index (χ4v) is 5.36. The molecule has 3 aromatic rings. The number of carbonyl (C=O) groups is 1. The molecule has 194 valence electrons. The van der Waals surface area contributed by atoms with Crippen LogP contribution in [0.3, 0.4) is 0 Å². The van der Waals surface area contributed by atoms with Crippen molar-refractivity contribution in [3.05, 3.63) is 84.5 Å². The summed E-state index contributed by atoms with van der Waals surface area (Å²) in [6, 6.07) is 12.1. The average Bonchev–Trinajstić information content (AvgIpc) is 3.17. The predicted molar refractivity (Wildman–Crippen MR) is 142 cm³/mol. The first-order valence-electron chi connectivity index (χ1n) is 12.0. The van der Waals surface area contributed by atoms with Crippen molar-refractivity contribution in [2.45, 2.75) is 39.8 Å². The molecule has 1 aliphatic rings. The molecule has 1 atom stereocenters. The van der Waals surface area contributed by atoms with E-state index in [1.165, 1.54) is 11.3 Å². The van der Waals surface area contributed by atoms with Crippen LogP contribution in [0.15, 0.2) is 63.5 Å². The highest BCUT2D eigenvalue weighted by Crippen LogP contribution is 2.36. The van der Waals surface area contributed by atoms with Gasteiger partial charge in [-0.25, -0.2) is 9.79 Å². The number of esters is 1. The molecule has 0 aliphatic carbocycles. The zero-order chi connectivity index (χ0) is 26.7. The van der Waals surface area contributed by atoms with E-state index in [0.717, 1.165) is 0 Å². The van der Waals surface area contributed by atoms with Gasteiger partial charge in [-0.05, 0) is 45.9 Å². The van der Waals surface area contributed by atoms with Gasteiger partial charge in [0.25, 0.3) is 5.56 Å². The number of hydrogen-bond donors (Lipinski definition) is 0. The van der Waals surface area contributed by atoms with Crippen molar-refractivity contribution in [3.63, 3.8) is 0 Å². The number of aromatic nitrogens is 1. The van der Waals surface area contributed by atoms with Gasteiger partial charge in [0.2, 0.25) is 0 Å². The van der Waals surface area contributed by atoms with E-state index in [9.17, 15) is 9.59 Å². The Morgan fingerprint density at radius 3 is 2.51 bits per heavy atom. The molecule has 0 bridgehead atoms. The predicted octanol–water partition coefficient (Wildman–Crippen LogP) is 3.60. The van der Waals surface area contributed by atoms with Crippen LogP contribution in [-0.4, -0.2) is 37.5 Å². The highest BCUT2D eigenvalue weighted by atomic mass is 32.1. The van der Waals surface area contributed by atoms with Crippen molar-refractivity contribution >= 4 is 23.4 Å². The van der Waals surface area contributed by atoms with Gasteiger partial charge in [-0.3, -0.25) is 9.36 Å². The lowest BCUT2D eigenvalue weighted by atomic mass is 9.95.